The van der Waals surface area contributed by atoms with Gasteiger partial charge in [0.15, 0.2) is 11.5 Å². The highest BCUT2D eigenvalue weighted by atomic mass is 16.5. The minimum absolute atomic E-state index is 0.532. The number of nitrogens with zero attached hydrogens (tertiary/aromatic N) is 2. The monoisotopic (exact) mass is 292 g/mol. The quantitative estimate of drug-likeness (QED) is 0.840. The fraction of sp³-hybridized carbons (Fsp3) is 0.467. The number of carbonyl (C=O) groups is 1. The Hall–Kier alpha value is -2.24. The zero-order chi connectivity index (χ0) is 15.2. The largest absolute Gasteiger partial charge is 0.493 e. The van der Waals surface area contributed by atoms with Crippen molar-refractivity contribution in [2.75, 3.05) is 20.8 Å². The summed E-state index contributed by atoms with van der Waals surface area (Å²) in [6.07, 6.45) is 4.19. The molecule has 0 bridgehead atoms. The third-order valence-electron chi connectivity index (χ3n) is 3.52. The first-order valence-electron chi connectivity index (χ1n) is 6.91. The van der Waals surface area contributed by atoms with Crippen molar-refractivity contribution >= 4 is 12.2 Å². The molecule has 1 aromatic carbocycles. The van der Waals surface area contributed by atoms with Crippen LogP contribution < -0.4 is 9.47 Å². The second-order valence-electron chi connectivity index (χ2n) is 4.87. The van der Waals surface area contributed by atoms with Crippen LogP contribution in [-0.4, -0.2) is 49.1 Å². The van der Waals surface area contributed by atoms with Gasteiger partial charge in [0.05, 0.1) is 20.4 Å². The number of hydrazone groups is 1. The maximum absolute atomic E-state index is 11.2. The number of hydrogen-bond donors (Lipinski definition) is 1. The van der Waals surface area contributed by atoms with Gasteiger partial charge in [-0.3, -0.25) is 5.01 Å². The van der Waals surface area contributed by atoms with Crippen molar-refractivity contribution in [1.29, 1.82) is 0 Å². The normalized spacial score (nSPS) is 18.8. The van der Waals surface area contributed by atoms with Crippen LogP contribution in [0.2, 0.25) is 0 Å². The highest BCUT2D eigenvalue weighted by Gasteiger charge is 2.27. The Labute approximate surface area is 124 Å². The molecule has 6 heteroatoms. The van der Waals surface area contributed by atoms with Crippen LogP contribution in [0.25, 0.3) is 0 Å². The minimum Gasteiger partial charge on any atom is -0.493 e. The Kier molecular flexibility index (Phi) is 5.03. The zero-order valence-electron chi connectivity index (χ0n) is 12.3. The summed E-state index contributed by atoms with van der Waals surface area (Å²) in [4.78, 5) is 11.2. The first kappa shape index (κ1) is 15.2. The second kappa shape index (κ2) is 6.97. The topological polar surface area (TPSA) is 71.4 Å². The van der Waals surface area contributed by atoms with Gasteiger partial charge in [-0.1, -0.05) is 0 Å². The predicted molar refractivity (Wildman–Crippen MR) is 79.1 cm³/mol. The molecule has 0 spiro atoms. The van der Waals surface area contributed by atoms with E-state index < -0.39 is 12.0 Å². The summed E-state index contributed by atoms with van der Waals surface area (Å²) in [6, 6.07) is 4.92. The number of piperidine rings is 1. The first-order valence-corrected chi connectivity index (χ1v) is 6.91. The molecule has 1 aliphatic heterocycles. The van der Waals surface area contributed by atoms with Gasteiger partial charge >= 0.3 is 5.97 Å². The summed E-state index contributed by atoms with van der Waals surface area (Å²) >= 11 is 0. The molecule has 1 heterocycles. The lowest BCUT2D eigenvalue weighted by atomic mass is 10.0. The molecule has 1 fully saturated rings. The molecule has 2 rings (SSSR count). The van der Waals surface area contributed by atoms with Crippen LogP contribution in [0.5, 0.6) is 11.5 Å². The van der Waals surface area contributed by atoms with Crippen LogP contribution in [0.4, 0.5) is 0 Å². The van der Waals surface area contributed by atoms with Crippen LogP contribution in [0.15, 0.2) is 23.3 Å². The molecular formula is C15H20N2O4. The number of hydrogen-bond acceptors (Lipinski definition) is 5. The minimum atomic E-state index is -0.820. The third kappa shape index (κ3) is 3.65. The Bertz CT molecular complexity index is 530. The molecule has 1 N–H and O–H groups in total. The fourth-order valence-corrected chi connectivity index (χ4v) is 2.38. The first-order chi connectivity index (χ1) is 10.2. The third-order valence-corrected chi connectivity index (χ3v) is 3.52. The SMILES string of the molecule is COc1ccc(/C=N/N2CCCCC2C(=O)O)cc1OC. The van der Waals surface area contributed by atoms with Gasteiger partial charge in [0.1, 0.15) is 6.04 Å². The lowest BCUT2D eigenvalue weighted by Crippen LogP contribution is -2.41. The average molecular weight is 292 g/mol. The summed E-state index contributed by atoms with van der Waals surface area (Å²) in [5, 5.41) is 15.2. The van der Waals surface area contributed by atoms with E-state index in [-0.39, 0.29) is 0 Å². The van der Waals surface area contributed by atoms with Crippen LogP contribution >= 0.6 is 0 Å². The highest BCUT2D eigenvalue weighted by molar-refractivity contribution is 5.81. The van der Waals surface area contributed by atoms with Crippen molar-refractivity contribution in [1.82, 2.24) is 5.01 Å². The van der Waals surface area contributed by atoms with Crippen molar-refractivity contribution in [2.45, 2.75) is 25.3 Å². The van der Waals surface area contributed by atoms with Gasteiger partial charge in [-0.15, -0.1) is 0 Å². The van der Waals surface area contributed by atoms with E-state index in [1.165, 1.54) is 0 Å². The predicted octanol–water partition coefficient (Wildman–Crippen LogP) is 1.98. The van der Waals surface area contributed by atoms with Crippen molar-refractivity contribution in [3.63, 3.8) is 0 Å². The van der Waals surface area contributed by atoms with Gasteiger partial charge in [-0.05, 0) is 43.0 Å². The molecule has 1 aromatic rings. The number of carboxylic acid groups (broad SMARTS) is 1. The maximum Gasteiger partial charge on any atom is 0.328 e. The van der Waals surface area contributed by atoms with E-state index in [2.05, 4.69) is 5.10 Å². The van der Waals surface area contributed by atoms with E-state index in [1.807, 2.05) is 12.1 Å². The number of benzene rings is 1. The van der Waals surface area contributed by atoms with E-state index in [9.17, 15) is 9.90 Å². The highest BCUT2D eigenvalue weighted by Crippen LogP contribution is 2.27. The Morgan fingerprint density at radius 2 is 2.10 bits per heavy atom. The van der Waals surface area contributed by atoms with Crippen molar-refractivity contribution in [3.8, 4) is 11.5 Å². The molecule has 0 radical (unpaired) electrons. The van der Waals surface area contributed by atoms with Crippen LogP contribution in [0.1, 0.15) is 24.8 Å². The lowest BCUT2D eigenvalue weighted by Gasteiger charge is -2.30. The van der Waals surface area contributed by atoms with Gasteiger partial charge < -0.3 is 14.6 Å². The molecule has 21 heavy (non-hydrogen) atoms. The van der Waals surface area contributed by atoms with E-state index in [4.69, 9.17) is 9.47 Å². The summed E-state index contributed by atoms with van der Waals surface area (Å²) in [6.45, 7) is 0.667. The molecule has 1 unspecified atom stereocenters. The number of aliphatic carboxylic acids is 1. The standard InChI is InChI=1S/C15H20N2O4/c1-20-13-7-6-11(9-14(13)21-2)10-16-17-8-4-3-5-12(17)15(18)19/h6-7,9-10,12H,3-5,8H2,1-2H3,(H,18,19)/b16-10+. The van der Waals surface area contributed by atoms with Gasteiger partial charge in [-0.2, -0.15) is 5.10 Å². The molecule has 0 saturated carbocycles. The molecule has 114 valence electrons. The van der Waals surface area contributed by atoms with Gasteiger partial charge in [0, 0.05) is 6.54 Å². The summed E-state index contributed by atoms with van der Waals surface area (Å²) in [7, 11) is 3.15. The fourth-order valence-electron chi connectivity index (χ4n) is 2.38. The van der Waals surface area contributed by atoms with Gasteiger partial charge in [0.2, 0.25) is 0 Å². The molecule has 1 aliphatic rings. The van der Waals surface area contributed by atoms with Gasteiger partial charge in [-0.25, -0.2) is 4.79 Å². The van der Waals surface area contributed by atoms with Crippen LogP contribution in [0, 0.1) is 0 Å². The summed E-state index contributed by atoms with van der Waals surface area (Å²) in [5.74, 6) is 0.449. The van der Waals surface area contributed by atoms with Gasteiger partial charge in [0.25, 0.3) is 0 Å². The summed E-state index contributed by atoms with van der Waals surface area (Å²) in [5.41, 5.74) is 0.836. The molecule has 0 aliphatic carbocycles. The Balaban J connectivity index is 2.14. The molecular weight excluding hydrogens is 272 g/mol. The molecule has 1 atom stereocenters. The van der Waals surface area contributed by atoms with E-state index in [1.54, 1.807) is 31.5 Å². The zero-order valence-corrected chi connectivity index (χ0v) is 12.3. The molecule has 6 nitrogen and oxygen atoms in total. The Morgan fingerprint density at radius 1 is 1.33 bits per heavy atom. The lowest BCUT2D eigenvalue weighted by molar-refractivity contribution is -0.144. The number of carboxylic acids is 1. The smallest absolute Gasteiger partial charge is 0.328 e. The number of rotatable bonds is 5. The summed E-state index contributed by atoms with van der Waals surface area (Å²) < 4.78 is 10.4. The maximum atomic E-state index is 11.2. The molecule has 0 aromatic heterocycles. The molecule has 1 saturated heterocycles. The van der Waals surface area contributed by atoms with Crippen molar-refractivity contribution in [3.05, 3.63) is 23.8 Å². The average Bonchev–Trinajstić information content (AvgIpc) is 2.52. The van der Waals surface area contributed by atoms with Crippen LogP contribution in [0.3, 0.4) is 0 Å². The second-order valence-corrected chi connectivity index (χ2v) is 4.87. The molecule has 0 amide bonds. The van der Waals surface area contributed by atoms with E-state index in [0.29, 0.717) is 24.5 Å². The van der Waals surface area contributed by atoms with E-state index in [0.717, 1.165) is 18.4 Å². The number of methoxy groups -OCH3 is 2. The van der Waals surface area contributed by atoms with Crippen LogP contribution in [-0.2, 0) is 4.79 Å². The van der Waals surface area contributed by atoms with Crippen molar-refractivity contribution in [2.24, 2.45) is 5.10 Å². The van der Waals surface area contributed by atoms with Crippen molar-refractivity contribution < 1.29 is 19.4 Å². The Morgan fingerprint density at radius 3 is 2.76 bits per heavy atom. The van der Waals surface area contributed by atoms with E-state index >= 15 is 0 Å². The number of ether oxygens (including phenoxy) is 2.